The molecule has 27 heavy (non-hydrogen) atoms. The highest BCUT2D eigenvalue weighted by molar-refractivity contribution is 7.89. The number of hydrogen-bond donors (Lipinski definition) is 1. The van der Waals surface area contributed by atoms with Crippen molar-refractivity contribution in [3.05, 3.63) is 48.7 Å². The average Bonchev–Trinajstić information content (AvgIpc) is 3.11. The Morgan fingerprint density at radius 3 is 2.59 bits per heavy atom. The number of imidazole rings is 1. The maximum Gasteiger partial charge on any atom is 0.239 e. The number of sulfonamides is 1. The lowest BCUT2D eigenvalue weighted by atomic mass is 10.2. The Hall–Kier alpha value is -3.11. The van der Waals surface area contributed by atoms with Crippen LogP contribution in [0.15, 0.2) is 47.9 Å². The third kappa shape index (κ3) is 2.98. The first kappa shape index (κ1) is 17.3. The number of ether oxygens (including phenoxy) is 1. The van der Waals surface area contributed by atoms with Gasteiger partial charge in [0.15, 0.2) is 5.65 Å². The zero-order chi connectivity index (χ0) is 19.2. The number of aromatic nitrogens is 5. The lowest BCUT2D eigenvalue weighted by Gasteiger charge is -2.15. The first-order valence-electron chi connectivity index (χ1n) is 8.03. The number of primary sulfonamides is 1. The summed E-state index contributed by atoms with van der Waals surface area (Å²) >= 11 is 0. The van der Waals surface area contributed by atoms with Crippen LogP contribution in [0, 0.1) is 0 Å². The Morgan fingerprint density at radius 2 is 1.93 bits per heavy atom. The molecule has 138 valence electrons. The van der Waals surface area contributed by atoms with Crippen molar-refractivity contribution < 1.29 is 13.2 Å². The molecule has 0 saturated heterocycles. The number of nitrogens with two attached hydrogens (primary N) is 1. The largest absolute Gasteiger partial charge is 0.481 e. The third-order valence-electron chi connectivity index (χ3n) is 4.38. The fraction of sp³-hybridized carbons (Fsp3) is 0.176. The van der Waals surface area contributed by atoms with E-state index in [1.54, 1.807) is 31.8 Å². The highest BCUT2D eigenvalue weighted by Crippen LogP contribution is 2.28. The van der Waals surface area contributed by atoms with E-state index >= 15 is 0 Å². The fourth-order valence-corrected chi connectivity index (χ4v) is 3.40. The van der Waals surface area contributed by atoms with E-state index in [2.05, 4.69) is 19.9 Å². The molecule has 0 bridgehead atoms. The molecule has 0 amide bonds. The van der Waals surface area contributed by atoms with Gasteiger partial charge in [0.1, 0.15) is 10.4 Å². The van der Waals surface area contributed by atoms with Crippen molar-refractivity contribution in [2.75, 3.05) is 7.11 Å². The molecular formula is C17H16N6O3S. The van der Waals surface area contributed by atoms with Crippen molar-refractivity contribution in [3.8, 4) is 5.88 Å². The van der Waals surface area contributed by atoms with Crippen LogP contribution in [0.4, 0.5) is 0 Å². The number of hydrogen-bond acceptors (Lipinski definition) is 7. The minimum atomic E-state index is -3.78. The summed E-state index contributed by atoms with van der Waals surface area (Å²) in [4.78, 5) is 17.3. The van der Waals surface area contributed by atoms with Gasteiger partial charge >= 0.3 is 0 Å². The molecule has 0 spiro atoms. The van der Waals surface area contributed by atoms with Crippen molar-refractivity contribution in [3.63, 3.8) is 0 Å². The molecule has 1 atom stereocenters. The summed E-state index contributed by atoms with van der Waals surface area (Å²) in [5.74, 6) is 0.480. The van der Waals surface area contributed by atoms with Crippen LogP contribution in [0.3, 0.4) is 0 Å². The van der Waals surface area contributed by atoms with Crippen LogP contribution >= 0.6 is 0 Å². The van der Waals surface area contributed by atoms with Crippen molar-refractivity contribution in [2.24, 2.45) is 5.14 Å². The Morgan fingerprint density at radius 1 is 1.11 bits per heavy atom. The molecule has 0 fully saturated rings. The van der Waals surface area contributed by atoms with Gasteiger partial charge in [-0.15, -0.1) is 0 Å². The van der Waals surface area contributed by atoms with Gasteiger partial charge in [-0.1, -0.05) is 0 Å². The molecule has 0 aliphatic rings. The van der Waals surface area contributed by atoms with Gasteiger partial charge in [-0.2, -0.15) is 4.98 Å². The monoisotopic (exact) mass is 384 g/mol. The molecule has 10 heteroatoms. The van der Waals surface area contributed by atoms with Crippen LogP contribution in [-0.2, 0) is 10.0 Å². The number of methoxy groups -OCH3 is 1. The van der Waals surface area contributed by atoms with E-state index in [9.17, 15) is 8.42 Å². The predicted octanol–water partition coefficient (Wildman–Crippen LogP) is 1.64. The summed E-state index contributed by atoms with van der Waals surface area (Å²) in [5, 5.41) is 5.96. The van der Waals surface area contributed by atoms with Crippen LogP contribution in [0.1, 0.15) is 18.7 Å². The molecular weight excluding hydrogens is 368 g/mol. The van der Waals surface area contributed by atoms with E-state index in [4.69, 9.17) is 9.88 Å². The summed E-state index contributed by atoms with van der Waals surface area (Å²) in [6.07, 6.45) is 4.62. The van der Waals surface area contributed by atoms with E-state index in [1.165, 1.54) is 12.3 Å². The maximum absolute atomic E-state index is 11.4. The molecule has 0 radical (unpaired) electrons. The van der Waals surface area contributed by atoms with Gasteiger partial charge in [-0.05, 0) is 25.1 Å². The lowest BCUT2D eigenvalue weighted by Crippen LogP contribution is -2.13. The lowest BCUT2D eigenvalue weighted by molar-refractivity contribution is 0.399. The van der Waals surface area contributed by atoms with Crippen LogP contribution in [-0.4, -0.2) is 40.0 Å². The molecule has 0 aliphatic heterocycles. The van der Waals surface area contributed by atoms with Crippen molar-refractivity contribution in [1.82, 2.24) is 24.5 Å². The Bertz CT molecular complexity index is 1250. The van der Waals surface area contributed by atoms with Gasteiger partial charge in [-0.3, -0.25) is 4.98 Å². The highest BCUT2D eigenvalue weighted by atomic mass is 32.2. The SMILES string of the molecule is COc1ccc2c(ncc3ncn([C@H](C)c4ccc(S(N)(=O)=O)cn4)c32)n1. The Balaban J connectivity index is 1.84. The van der Waals surface area contributed by atoms with E-state index < -0.39 is 10.0 Å². The summed E-state index contributed by atoms with van der Waals surface area (Å²) in [6.45, 7) is 1.95. The standard InChI is InChI=1S/C17H16N6O3S/c1-10(13-5-3-11(7-19-13)27(18,24)25)23-9-21-14-8-20-17-12(16(14)23)4-6-15(22-17)26-2/h3-10H,1-2H3,(H2,18,24,25)/t10-/m1/s1. The first-order chi connectivity index (χ1) is 12.9. The van der Waals surface area contributed by atoms with Gasteiger partial charge in [0.25, 0.3) is 0 Å². The molecule has 4 aromatic rings. The quantitative estimate of drug-likeness (QED) is 0.567. The zero-order valence-electron chi connectivity index (χ0n) is 14.6. The number of pyridine rings is 3. The zero-order valence-corrected chi connectivity index (χ0v) is 15.4. The first-order valence-corrected chi connectivity index (χ1v) is 9.58. The van der Waals surface area contributed by atoms with Gasteiger partial charge in [0, 0.05) is 17.6 Å². The van der Waals surface area contributed by atoms with Gasteiger partial charge < -0.3 is 9.30 Å². The fourth-order valence-electron chi connectivity index (χ4n) is 2.94. The van der Waals surface area contributed by atoms with Crippen LogP contribution < -0.4 is 9.88 Å². The number of rotatable bonds is 4. The van der Waals surface area contributed by atoms with Gasteiger partial charge in [0.05, 0.1) is 36.9 Å². The molecule has 0 aromatic carbocycles. The predicted molar refractivity (Wildman–Crippen MR) is 98.8 cm³/mol. The summed E-state index contributed by atoms with van der Waals surface area (Å²) in [5.41, 5.74) is 2.81. The maximum atomic E-state index is 11.4. The number of nitrogens with zero attached hydrogens (tertiary/aromatic N) is 5. The van der Waals surface area contributed by atoms with Crippen LogP contribution in [0.5, 0.6) is 5.88 Å². The second kappa shape index (κ2) is 6.25. The molecule has 4 heterocycles. The van der Waals surface area contributed by atoms with Crippen LogP contribution in [0.2, 0.25) is 0 Å². The molecule has 9 nitrogen and oxygen atoms in total. The minimum absolute atomic E-state index is 0.0279. The summed E-state index contributed by atoms with van der Waals surface area (Å²) in [7, 11) is -2.23. The second-order valence-corrected chi connectivity index (χ2v) is 7.57. The van der Waals surface area contributed by atoms with Gasteiger partial charge in [-0.25, -0.2) is 23.5 Å². The smallest absolute Gasteiger partial charge is 0.239 e. The van der Waals surface area contributed by atoms with E-state index in [-0.39, 0.29) is 10.9 Å². The number of fused-ring (bicyclic) bond motifs is 3. The average molecular weight is 384 g/mol. The van der Waals surface area contributed by atoms with E-state index in [0.29, 0.717) is 17.2 Å². The van der Waals surface area contributed by atoms with Crippen molar-refractivity contribution in [2.45, 2.75) is 17.9 Å². The van der Waals surface area contributed by atoms with Crippen LogP contribution in [0.25, 0.3) is 22.1 Å². The van der Waals surface area contributed by atoms with Gasteiger partial charge in [0.2, 0.25) is 15.9 Å². The molecule has 0 saturated carbocycles. The van der Waals surface area contributed by atoms with E-state index in [1.807, 2.05) is 17.6 Å². The summed E-state index contributed by atoms with van der Waals surface area (Å²) in [6, 6.07) is 6.54. The molecule has 0 unspecified atom stereocenters. The minimum Gasteiger partial charge on any atom is -0.481 e. The van der Waals surface area contributed by atoms with Crippen molar-refractivity contribution in [1.29, 1.82) is 0 Å². The topological polar surface area (TPSA) is 126 Å². The molecule has 2 N–H and O–H groups in total. The molecule has 0 aliphatic carbocycles. The highest BCUT2D eigenvalue weighted by Gasteiger charge is 2.17. The normalized spacial score (nSPS) is 13.1. The summed E-state index contributed by atoms with van der Waals surface area (Å²) < 4.78 is 29.9. The van der Waals surface area contributed by atoms with E-state index in [0.717, 1.165) is 16.4 Å². The Kier molecular flexibility index (Phi) is 4.01. The Labute approximate surface area is 154 Å². The second-order valence-electron chi connectivity index (χ2n) is 6.01. The third-order valence-corrected chi connectivity index (χ3v) is 5.28. The molecule has 4 aromatic heterocycles. The molecule has 4 rings (SSSR count). The van der Waals surface area contributed by atoms with Crippen molar-refractivity contribution >= 4 is 32.1 Å².